The molecule has 2 N–H and O–H groups in total. The van der Waals surface area contributed by atoms with Crippen LogP contribution < -0.4 is 5.73 Å². The molecule has 1 amide bonds. The summed E-state index contributed by atoms with van der Waals surface area (Å²) in [6, 6.07) is -0.325. The van der Waals surface area contributed by atoms with Gasteiger partial charge in [-0.15, -0.1) is 0 Å². The standard InChI is InChI=1S/C14H25BrN2O/c1-10(2)12(16)13(18)17-6-5-14(9-17)4-3-11(7-14)8-15/h10-12H,3-9,16H2,1-2H3/t11-,12-,14-/m0/s1. The Bertz CT molecular complexity index is 321. The van der Waals surface area contributed by atoms with Crippen molar-refractivity contribution in [1.29, 1.82) is 0 Å². The second-order valence-electron chi connectivity index (χ2n) is 6.54. The van der Waals surface area contributed by atoms with Crippen LogP contribution in [-0.2, 0) is 4.79 Å². The van der Waals surface area contributed by atoms with Gasteiger partial charge in [0.15, 0.2) is 0 Å². The predicted molar refractivity (Wildman–Crippen MR) is 77.6 cm³/mol. The molecule has 1 aliphatic heterocycles. The highest BCUT2D eigenvalue weighted by Crippen LogP contribution is 2.48. The third kappa shape index (κ3) is 2.74. The van der Waals surface area contributed by atoms with E-state index in [4.69, 9.17) is 5.73 Å². The second kappa shape index (κ2) is 5.49. The van der Waals surface area contributed by atoms with E-state index in [1.54, 1.807) is 0 Å². The van der Waals surface area contributed by atoms with E-state index in [0.29, 0.717) is 5.41 Å². The molecule has 1 spiro atoms. The molecule has 2 fully saturated rings. The number of nitrogens with zero attached hydrogens (tertiary/aromatic N) is 1. The first kappa shape index (κ1) is 14.3. The molecule has 0 aromatic heterocycles. The molecule has 18 heavy (non-hydrogen) atoms. The molecule has 3 nitrogen and oxygen atoms in total. The lowest BCUT2D eigenvalue weighted by atomic mass is 9.85. The fraction of sp³-hybridized carbons (Fsp3) is 0.929. The van der Waals surface area contributed by atoms with Crippen LogP contribution >= 0.6 is 15.9 Å². The highest BCUT2D eigenvalue weighted by atomic mass is 79.9. The van der Waals surface area contributed by atoms with Crippen LogP contribution in [-0.4, -0.2) is 35.3 Å². The van der Waals surface area contributed by atoms with Crippen molar-refractivity contribution < 1.29 is 4.79 Å². The van der Waals surface area contributed by atoms with Gasteiger partial charge < -0.3 is 10.6 Å². The van der Waals surface area contributed by atoms with Gasteiger partial charge in [0.2, 0.25) is 5.91 Å². The van der Waals surface area contributed by atoms with Crippen molar-refractivity contribution >= 4 is 21.8 Å². The fourth-order valence-corrected chi connectivity index (χ4v) is 4.00. The topological polar surface area (TPSA) is 46.3 Å². The molecule has 0 radical (unpaired) electrons. The molecule has 0 aromatic rings. The molecule has 1 heterocycles. The van der Waals surface area contributed by atoms with Crippen LogP contribution in [0.3, 0.4) is 0 Å². The monoisotopic (exact) mass is 316 g/mol. The van der Waals surface area contributed by atoms with Gasteiger partial charge in [0, 0.05) is 18.4 Å². The van der Waals surface area contributed by atoms with Crippen molar-refractivity contribution in [3.8, 4) is 0 Å². The first-order valence-electron chi connectivity index (χ1n) is 7.08. The van der Waals surface area contributed by atoms with Crippen molar-refractivity contribution in [3.63, 3.8) is 0 Å². The Hall–Kier alpha value is -0.0900. The van der Waals surface area contributed by atoms with Gasteiger partial charge >= 0.3 is 0 Å². The lowest BCUT2D eigenvalue weighted by Gasteiger charge is -2.26. The van der Waals surface area contributed by atoms with Crippen molar-refractivity contribution in [2.75, 3.05) is 18.4 Å². The minimum atomic E-state index is -0.325. The number of rotatable bonds is 3. The van der Waals surface area contributed by atoms with Gasteiger partial charge in [-0.3, -0.25) is 4.79 Å². The minimum absolute atomic E-state index is 0.157. The van der Waals surface area contributed by atoms with E-state index >= 15 is 0 Å². The molecule has 4 heteroatoms. The van der Waals surface area contributed by atoms with E-state index in [-0.39, 0.29) is 17.9 Å². The van der Waals surface area contributed by atoms with Gasteiger partial charge in [0.05, 0.1) is 6.04 Å². The third-order valence-corrected chi connectivity index (χ3v) is 5.69. The summed E-state index contributed by atoms with van der Waals surface area (Å²) in [4.78, 5) is 14.3. The summed E-state index contributed by atoms with van der Waals surface area (Å²) < 4.78 is 0. The minimum Gasteiger partial charge on any atom is -0.341 e. The van der Waals surface area contributed by atoms with Crippen molar-refractivity contribution in [1.82, 2.24) is 4.90 Å². The van der Waals surface area contributed by atoms with Crippen molar-refractivity contribution in [3.05, 3.63) is 0 Å². The molecule has 0 aromatic carbocycles. The molecule has 1 saturated heterocycles. The van der Waals surface area contributed by atoms with Crippen LogP contribution in [0.4, 0.5) is 0 Å². The molecule has 2 aliphatic rings. The summed E-state index contributed by atoms with van der Waals surface area (Å²) in [5.74, 6) is 1.19. The normalized spacial score (nSPS) is 33.6. The van der Waals surface area contributed by atoms with Crippen LogP contribution in [0.2, 0.25) is 0 Å². The first-order valence-corrected chi connectivity index (χ1v) is 8.20. The van der Waals surface area contributed by atoms with Crippen molar-refractivity contribution in [2.24, 2.45) is 23.0 Å². The number of amides is 1. The van der Waals surface area contributed by atoms with Crippen LogP contribution in [0.15, 0.2) is 0 Å². The summed E-state index contributed by atoms with van der Waals surface area (Å²) in [6.07, 6.45) is 5.04. The number of alkyl halides is 1. The van der Waals surface area contributed by atoms with Crippen molar-refractivity contribution in [2.45, 2.75) is 45.6 Å². The van der Waals surface area contributed by atoms with Gasteiger partial charge in [0.25, 0.3) is 0 Å². The summed E-state index contributed by atoms with van der Waals surface area (Å²) in [5, 5.41) is 1.11. The SMILES string of the molecule is CC(C)[C@H](N)C(=O)N1CC[C@]2(CC[C@H](CBr)C2)C1. The Morgan fingerprint density at radius 2 is 2.22 bits per heavy atom. The quantitative estimate of drug-likeness (QED) is 0.813. The highest BCUT2D eigenvalue weighted by Gasteiger charge is 2.45. The highest BCUT2D eigenvalue weighted by molar-refractivity contribution is 9.09. The molecule has 1 saturated carbocycles. The Labute approximate surface area is 119 Å². The lowest BCUT2D eigenvalue weighted by Crippen LogP contribution is -2.46. The molecule has 1 aliphatic carbocycles. The van der Waals surface area contributed by atoms with E-state index in [2.05, 4.69) is 15.9 Å². The van der Waals surface area contributed by atoms with Crippen LogP contribution in [0.5, 0.6) is 0 Å². The Morgan fingerprint density at radius 1 is 1.50 bits per heavy atom. The molecule has 3 atom stereocenters. The zero-order valence-corrected chi connectivity index (χ0v) is 13.1. The van der Waals surface area contributed by atoms with Gasteiger partial charge in [-0.05, 0) is 42.9 Å². The number of carbonyl (C=O) groups is 1. The Balaban J connectivity index is 1.94. The average Bonchev–Trinajstić information content (AvgIpc) is 2.95. The summed E-state index contributed by atoms with van der Waals surface area (Å²) in [5.41, 5.74) is 6.39. The Kier molecular flexibility index (Phi) is 4.37. The maximum atomic E-state index is 12.3. The molecule has 2 rings (SSSR count). The molecule has 104 valence electrons. The maximum Gasteiger partial charge on any atom is 0.239 e. The van der Waals surface area contributed by atoms with Gasteiger partial charge in [-0.2, -0.15) is 0 Å². The lowest BCUT2D eigenvalue weighted by molar-refractivity contribution is -0.132. The van der Waals surface area contributed by atoms with Crippen LogP contribution in [0.25, 0.3) is 0 Å². The van der Waals surface area contributed by atoms with Gasteiger partial charge in [-0.25, -0.2) is 0 Å². The van der Waals surface area contributed by atoms with E-state index in [1.165, 1.54) is 25.7 Å². The molecule has 0 unspecified atom stereocenters. The largest absolute Gasteiger partial charge is 0.341 e. The number of carbonyl (C=O) groups excluding carboxylic acids is 1. The van der Waals surface area contributed by atoms with E-state index in [1.807, 2.05) is 18.7 Å². The van der Waals surface area contributed by atoms with Gasteiger partial charge in [0.1, 0.15) is 0 Å². The zero-order valence-electron chi connectivity index (χ0n) is 11.5. The molecule has 0 bridgehead atoms. The number of halogens is 1. The Morgan fingerprint density at radius 3 is 2.78 bits per heavy atom. The number of nitrogens with two attached hydrogens (primary N) is 1. The first-order chi connectivity index (χ1) is 8.47. The summed E-state index contributed by atoms with van der Waals surface area (Å²) in [7, 11) is 0. The predicted octanol–water partition coefficient (Wildman–Crippen LogP) is 2.38. The number of hydrogen-bond donors (Lipinski definition) is 1. The third-order valence-electron chi connectivity index (χ3n) is 4.78. The van der Waals surface area contributed by atoms with Crippen LogP contribution in [0, 0.1) is 17.3 Å². The molecular formula is C14H25BrN2O. The second-order valence-corrected chi connectivity index (χ2v) is 7.19. The smallest absolute Gasteiger partial charge is 0.239 e. The number of likely N-dealkylation sites (tertiary alicyclic amines) is 1. The van der Waals surface area contributed by atoms with Crippen LogP contribution in [0.1, 0.15) is 39.5 Å². The number of hydrogen-bond acceptors (Lipinski definition) is 2. The van der Waals surface area contributed by atoms with Gasteiger partial charge in [-0.1, -0.05) is 29.8 Å². The maximum absolute atomic E-state index is 12.3. The molecular weight excluding hydrogens is 292 g/mol. The van der Waals surface area contributed by atoms with E-state index in [9.17, 15) is 4.79 Å². The fourth-order valence-electron chi connectivity index (χ4n) is 3.45. The van der Waals surface area contributed by atoms with E-state index in [0.717, 1.165) is 24.3 Å². The van der Waals surface area contributed by atoms with E-state index < -0.39 is 0 Å². The summed E-state index contributed by atoms with van der Waals surface area (Å²) in [6.45, 7) is 5.89. The zero-order chi connectivity index (χ0) is 13.3. The average molecular weight is 317 g/mol. The summed E-state index contributed by atoms with van der Waals surface area (Å²) >= 11 is 3.59.